The number of hydrogen-bond acceptors (Lipinski definition) is 5. The number of nitrogens with zero attached hydrogens (tertiary/aromatic N) is 2. The van der Waals surface area contributed by atoms with Crippen LogP contribution in [0.25, 0.3) is 11.5 Å². The van der Waals surface area contributed by atoms with Crippen LogP contribution in [0.1, 0.15) is 11.5 Å². The van der Waals surface area contributed by atoms with E-state index in [0.717, 1.165) is 16.8 Å². The van der Waals surface area contributed by atoms with Gasteiger partial charge in [0.25, 0.3) is 0 Å². The molecule has 0 aliphatic rings. The molecule has 2 N–H and O–H groups in total. The van der Waals surface area contributed by atoms with Crippen molar-refractivity contribution < 1.29 is 9.52 Å². The monoisotopic (exact) mass is 281 g/mol. The zero-order valence-corrected chi connectivity index (χ0v) is 11.6. The maximum absolute atomic E-state index is 9.48. The van der Waals surface area contributed by atoms with Crippen molar-refractivity contribution in [3.63, 3.8) is 0 Å². The minimum atomic E-state index is 0.259. The summed E-state index contributed by atoms with van der Waals surface area (Å²) in [6, 6.07) is 14.9. The van der Waals surface area contributed by atoms with Crippen molar-refractivity contribution in [3.8, 4) is 17.2 Å². The molecule has 0 radical (unpaired) electrons. The fourth-order valence-corrected chi connectivity index (χ4v) is 2.09. The van der Waals surface area contributed by atoms with Crippen LogP contribution in [-0.4, -0.2) is 15.3 Å². The topological polar surface area (TPSA) is 71.2 Å². The first-order chi connectivity index (χ1) is 10.2. The lowest BCUT2D eigenvalue weighted by Crippen LogP contribution is -2.00. The number of rotatable bonds is 4. The van der Waals surface area contributed by atoms with Gasteiger partial charge in [0.2, 0.25) is 11.8 Å². The summed E-state index contributed by atoms with van der Waals surface area (Å²) < 4.78 is 5.48. The largest absolute Gasteiger partial charge is 0.508 e. The zero-order chi connectivity index (χ0) is 14.7. The smallest absolute Gasteiger partial charge is 0.249 e. The molecule has 2 aromatic carbocycles. The van der Waals surface area contributed by atoms with Crippen molar-refractivity contribution in [2.75, 3.05) is 5.32 Å². The lowest BCUT2D eigenvalue weighted by molar-refractivity contribution is 0.474. The minimum Gasteiger partial charge on any atom is -0.508 e. The number of para-hydroxylation sites is 1. The number of nitrogens with one attached hydrogen (secondary N) is 1. The molecule has 0 aliphatic heterocycles. The van der Waals surface area contributed by atoms with Crippen molar-refractivity contribution in [1.82, 2.24) is 10.2 Å². The van der Waals surface area contributed by atoms with Crippen LogP contribution in [-0.2, 0) is 6.54 Å². The van der Waals surface area contributed by atoms with Crippen molar-refractivity contribution in [3.05, 3.63) is 60.0 Å². The molecule has 5 heteroatoms. The number of phenolic OH excluding ortho intramolecular Hbond substituents is 1. The van der Waals surface area contributed by atoms with E-state index in [1.54, 1.807) is 19.1 Å². The quantitative estimate of drug-likeness (QED) is 0.767. The Kier molecular flexibility index (Phi) is 3.55. The average Bonchev–Trinajstić information content (AvgIpc) is 2.92. The summed E-state index contributed by atoms with van der Waals surface area (Å²) in [4.78, 5) is 0. The molecule has 1 aromatic heterocycles. The highest BCUT2D eigenvalue weighted by molar-refractivity contribution is 5.72. The van der Waals surface area contributed by atoms with Gasteiger partial charge in [0.1, 0.15) is 5.75 Å². The van der Waals surface area contributed by atoms with Crippen LogP contribution in [0.15, 0.2) is 52.9 Å². The van der Waals surface area contributed by atoms with Crippen LogP contribution in [0, 0.1) is 6.92 Å². The first-order valence-corrected chi connectivity index (χ1v) is 6.63. The summed E-state index contributed by atoms with van der Waals surface area (Å²) in [5.74, 6) is 1.29. The van der Waals surface area contributed by atoms with Gasteiger partial charge in [0.15, 0.2) is 0 Å². The van der Waals surface area contributed by atoms with Crippen LogP contribution in [0.3, 0.4) is 0 Å². The molecule has 1 heterocycles. The summed E-state index contributed by atoms with van der Waals surface area (Å²) in [6.07, 6.45) is 0. The van der Waals surface area contributed by atoms with E-state index < -0.39 is 0 Å². The van der Waals surface area contributed by atoms with Crippen LogP contribution in [0.2, 0.25) is 0 Å². The van der Waals surface area contributed by atoms with Gasteiger partial charge in [-0.1, -0.05) is 24.3 Å². The summed E-state index contributed by atoms with van der Waals surface area (Å²) in [5.41, 5.74) is 2.76. The molecule has 3 aromatic rings. The van der Waals surface area contributed by atoms with Gasteiger partial charge in [0.05, 0.1) is 5.56 Å². The maximum atomic E-state index is 9.48. The predicted octanol–water partition coefficient (Wildman–Crippen LogP) is 3.36. The SMILES string of the molecule is Cc1nnc(-c2ccccc2NCc2cccc(O)c2)o1. The molecule has 0 aliphatic carbocycles. The highest BCUT2D eigenvalue weighted by Gasteiger charge is 2.10. The van der Waals surface area contributed by atoms with Gasteiger partial charge < -0.3 is 14.8 Å². The van der Waals surface area contributed by atoms with E-state index in [-0.39, 0.29) is 5.75 Å². The number of aromatic nitrogens is 2. The van der Waals surface area contributed by atoms with Gasteiger partial charge >= 0.3 is 0 Å². The molecule has 0 bridgehead atoms. The number of hydrogen-bond donors (Lipinski definition) is 2. The van der Waals surface area contributed by atoms with Crippen molar-refractivity contribution >= 4 is 5.69 Å². The summed E-state index contributed by atoms with van der Waals surface area (Å²) in [7, 11) is 0. The van der Waals surface area contributed by atoms with Crippen LogP contribution in [0.4, 0.5) is 5.69 Å². The third-order valence-electron chi connectivity index (χ3n) is 3.08. The van der Waals surface area contributed by atoms with E-state index in [2.05, 4.69) is 15.5 Å². The number of aromatic hydroxyl groups is 1. The van der Waals surface area contributed by atoms with Gasteiger partial charge in [0, 0.05) is 19.2 Å². The lowest BCUT2D eigenvalue weighted by atomic mass is 10.1. The van der Waals surface area contributed by atoms with Crippen LogP contribution < -0.4 is 5.32 Å². The Bertz CT molecular complexity index is 753. The Morgan fingerprint density at radius 2 is 1.95 bits per heavy atom. The number of anilines is 1. The van der Waals surface area contributed by atoms with E-state index >= 15 is 0 Å². The average molecular weight is 281 g/mol. The Morgan fingerprint density at radius 1 is 1.10 bits per heavy atom. The fourth-order valence-electron chi connectivity index (χ4n) is 2.09. The fraction of sp³-hybridized carbons (Fsp3) is 0.125. The van der Waals surface area contributed by atoms with Gasteiger partial charge in [-0.15, -0.1) is 10.2 Å². The van der Waals surface area contributed by atoms with E-state index in [4.69, 9.17) is 4.42 Å². The predicted molar refractivity (Wildman–Crippen MR) is 79.9 cm³/mol. The molecule has 0 saturated carbocycles. The molecule has 0 atom stereocenters. The van der Waals surface area contributed by atoms with E-state index in [1.165, 1.54) is 0 Å². The molecular formula is C16H15N3O2. The number of phenols is 1. The standard InChI is InChI=1S/C16H15N3O2/c1-11-18-19-16(21-11)14-7-2-3-8-15(14)17-10-12-5-4-6-13(20)9-12/h2-9,17,20H,10H2,1H3. The van der Waals surface area contributed by atoms with E-state index in [9.17, 15) is 5.11 Å². The number of aryl methyl sites for hydroxylation is 1. The molecule has 0 spiro atoms. The van der Waals surface area contributed by atoms with Crippen LogP contribution >= 0.6 is 0 Å². The molecular weight excluding hydrogens is 266 g/mol. The Balaban J connectivity index is 1.83. The first-order valence-electron chi connectivity index (χ1n) is 6.63. The molecule has 0 amide bonds. The van der Waals surface area contributed by atoms with E-state index in [1.807, 2.05) is 36.4 Å². The zero-order valence-electron chi connectivity index (χ0n) is 11.6. The summed E-state index contributed by atoms with van der Waals surface area (Å²) in [5, 5.41) is 20.7. The Labute approximate surface area is 122 Å². The molecule has 0 saturated heterocycles. The summed E-state index contributed by atoms with van der Waals surface area (Å²) in [6.45, 7) is 2.36. The third-order valence-corrected chi connectivity index (χ3v) is 3.08. The van der Waals surface area contributed by atoms with Crippen LogP contribution in [0.5, 0.6) is 5.75 Å². The molecule has 5 nitrogen and oxygen atoms in total. The molecule has 0 unspecified atom stereocenters. The molecule has 106 valence electrons. The third kappa shape index (κ3) is 3.02. The maximum Gasteiger partial charge on any atom is 0.249 e. The highest BCUT2D eigenvalue weighted by Crippen LogP contribution is 2.27. The molecule has 21 heavy (non-hydrogen) atoms. The van der Waals surface area contributed by atoms with Crippen molar-refractivity contribution in [1.29, 1.82) is 0 Å². The Morgan fingerprint density at radius 3 is 2.71 bits per heavy atom. The second-order valence-electron chi connectivity index (χ2n) is 4.70. The van der Waals surface area contributed by atoms with Gasteiger partial charge in [-0.25, -0.2) is 0 Å². The number of benzene rings is 2. The van der Waals surface area contributed by atoms with Crippen molar-refractivity contribution in [2.24, 2.45) is 0 Å². The van der Waals surface area contributed by atoms with Crippen molar-refractivity contribution in [2.45, 2.75) is 13.5 Å². The molecule has 3 rings (SSSR count). The second kappa shape index (κ2) is 5.66. The van der Waals surface area contributed by atoms with Gasteiger partial charge in [-0.05, 0) is 29.8 Å². The van der Waals surface area contributed by atoms with Gasteiger partial charge in [-0.2, -0.15) is 0 Å². The van der Waals surface area contributed by atoms with Gasteiger partial charge in [-0.3, -0.25) is 0 Å². The first kappa shape index (κ1) is 13.2. The molecule has 0 fully saturated rings. The lowest BCUT2D eigenvalue weighted by Gasteiger charge is -2.10. The Hall–Kier alpha value is -2.82. The highest BCUT2D eigenvalue weighted by atomic mass is 16.4. The normalized spacial score (nSPS) is 10.5. The minimum absolute atomic E-state index is 0.259. The van der Waals surface area contributed by atoms with E-state index in [0.29, 0.717) is 18.3 Å². The second-order valence-corrected chi connectivity index (χ2v) is 4.70. The summed E-state index contributed by atoms with van der Waals surface area (Å²) >= 11 is 0.